The molecule has 37 heavy (non-hydrogen) atoms. The van der Waals surface area contributed by atoms with Gasteiger partial charge in [-0.25, -0.2) is 15.0 Å². The molecule has 0 unspecified atom stereocenters. The number of anilines is 1. The van der Waals surface area contributed by atoms with Crippen molar-refractivity contribution in [3.63, 3.8) is 0 Å². The van der Waals surface area contributed by atoms with Gasteiger partial charge in [-0.15, -0.1) is 0 Å². The van der Waals surface area contributed by atoms with E-state index in [9.17, 15) is 0 Å². The summed E-state index contributed by atoms with van der Waals surface area (Å²) in [6.45, 7) is 28.9. The highest BCUT2D eigenvalue weighted by Gasteiger charge is 2.55. The molecule has 3 heterocycles. The van der Waals surface area contributed by atoms with Crippen LogP contribution in [0.3, 0.4) is 0 Å². The highest BCUT2D eigenvalue weighted by atomic mass is 28.4. The maximum atomic E-state index is 7.01. The van der Waals surface area contributed by atoms with Crippen LogP contribution in [-0.2, 0) is 18.3 Å². The molecule has 0 bridgehead atoms. The summed E-state index contributed by atoms with van der Waals surface area (Å²) in [7, 11) is -4.25. The van der Waals surface area contributed by atoms with Gasteiger partial charge in [0.15, 0.2) is 40.1 Å². The van der Waals surface area contributed by atoms with Crippen LogP contribution >= 0.6 is 0 Å². The van der Waals surface area contributed by atoms with Gasteiger partial charge < -0.3 is 24.1 Å². The fourth-order valence-corrected chi connectivity index (χ4v) is 6.28. The number of ether oxygens (including phenoxy) is 2. The normalized spacial score (nSPS) is 24.2. The average molecular weight is 552 g/mol. The summed E-state index contributed by atoms with van der Waals surface area (Å²) in [6.07, 6.45) is 2.88. The van der Waals surface area contributed by atoms with Crippen molar-refractivity contribution in [1.29, 1.82) is 0 Å². The average Bonchev–Trinajstić information content (AvgIpc) is 3.26. The first-order valence-corrected chi connectivity index (χ1v) is 19.0. The fraction of sp³-hybridized carbons (Fsp3) is 0.808. The van der Waals surface area contributed by atoms with Gasteiger partial charge in [-0.3, -0.25) is 4.57 Å². The molecule has 3 rings (SSSR count). The Morgan fingerprint density at radius 1 is 0.973 bits per heavy atom. The third kappa shape index (κ3) is 6.44. The lowest BCUT2D eigenvalue weighted by molar-refractivity contribution is -0.289. The Morgan fingerprint density at radius 3 is 2.11 bits per heavy atom. The molecule has 1 aliphatic heterocycles. The molecule has 9 nitrogen and oxygen atoms in total. The van der Waals surface area contributed by atoms with E-state index in [1.165, 1.54) is 6.33 Å². The third-order valence-electron chi connectivity index (χ3n) is 8.03. The molecule has 2 N–H and O–H groups in total. The Hall–Kier alpha value is -1.38. The minimum Gasteiger partial charge on any atom is -0.411 e. The summed E-state index contributed by atoms with van der Waals surface area (Å²) in [5.41, 5.74) is 6.80. The Bertz CT molecular complexity index is 1100. The van der Waals surface area contributed by atoms with Crippen molar-refractivity contribution in [3.8, 4) is 0 Å². The smallest absolute Gasteiger partial charge is 0.196 e. The van der Waals surface area contributed by atoms with Crippen LogP contribution in [0.15, 0.2) is 12.7 Å². The van der Waals surface area contributed by atoms with Crippen LogP contribution in [0.5, 0.6) is 0 Å². The number of nitrogen functional groups attached to an aromatic ring is 1. The second-order valence-electron chi connectivity index (χ2n) is 14.4. The second-order valence-corrected chi connectivity index (χ2v) is 24.0. The van der Waals surface area contributed by atoms with Crippen molar-refractivity contribution >= 4 is 33.6 Å². The molecule has 1 aliphatic rings. The molecule has 11 heteroatoms. The van der Waals surface area contributed by atoms with Crippen LogP contribution in [0.1, 0.15) is 75.0 Å². The maximum absolute atomic E-state index is 7.01. The summed E-state index contributed by atoms with van der Waals surface area (Å²) < 4.78 is 29.2. The standard InChI is InChI=1S/C26H49N5O4Si2/c1-23(2,3)35-26(15-32-36(10,11)24(4,5)6)14-18(34-37(12,13)25(7,8)9)22(33-26)31-17-30-19-20(27)28-16-29-21(19)31/h16-18,22H,14-15H2,1-13H3,(H2,27,28,29)/t18-,22-,26+/m1/s1. The minimum absolute atomic E-state index is 0.0227. The summed E-state index contributed by atoms with van der Waals surface area (Å²) in [5, 5.41) is 0.0783. The Labute approximate surface area is 225 Å². The van der Waals surface area contributed by atoms with E-state index in [-0.39, 0.29) is 16.2 Å². The third-order valence-corrected chi connectivity index (χ3v) is 17.0. The SMILES string of the molecule is CC(C)(C)O[C@]1(CO[Si](C)(C)C(C)(C)C)C[C@@H](O[Si](C)(C)C(C)(C)C)[C@H](n2cnc3c(N)ncnc32)O1. The quantitative estimate of drug-likeness (QED) is 0.402. The number of aromatic nitrogens is 4. The Kier molecular flexibility index (Phi) is 7.88. The van der Waals surface area contributed by atoms with Gasteiger partial charge in [0.1, 0.15) is 11.8 Å². The van der Waals surface area contributed by atoms with Crippen molar-refractivity contribution < 1.29 is 18.3 Å². The largest absolute Gasteiger partial charge is 0.411 e. The molecule has 0 spiro atoms. The molecule has 0 amide bonds. The number of hydrogen-bond acceptors (Lipinski definition) is 8. The van der Waals surface area contributed by atoms with Gasteiger partial charge in [-0.1, -0.05) is 41.5 Å². The first-order chi connectivity index (χ1) is 16.6. The summed E-state index contributed by atoms with van der Waals surface area (Å²) in [5.74, 6) is -0.664. The molecule has 0 aromatic carbocycles. The first kappa shape index (κ1) is 30.2. The zero-order valence-electron chi connectivity index (χ0n) is 25.2. The minimum atomic E-state index is -2.17. The van der Waals surface area contributed by atoms with Crippen LogP contribution in [-0.4, -0.2) is 60.3 Å². The van der Waals surface area contributed by atoms with Crippen molar-refractivity contribution in [1.82, 2.24) is 19.5 Å². The van der Waals surface area contributed by atoms with E-state index in [0.29, 0.717) is 30.0 Å². The summed E-state index contributed by atoms with van der Waals surface area (Å²) in [6, 6.07) is 0. The Balaban J connectivity index is 2.09. The number of rotatable bonds is 7. The molecule has 2 aromatic heterocycles. The van der Waals surface area contributed by atoms with Gasteiger partial charge in [0.05, 0.1) is 24.6 Å². The molecule has 1 saturated heterocycles. The number of nitrogens with two attached hydrogens (primary N) is 1. The van der Waals surface area contributed by atoms with Gasteiger partial charge in [-0.05, 0) is 57.0 Å². The van der Waals surface area contributed by atoms with E-state index in [1.807, 2.05) is 25.3 Å². The van der Waals surface area contributed by atoms with Crippen LogP contribution in [0.2, 0.25) is 36.3 Å². The van der Waals surface area contributed by atoms with Crippen molar-refractivity contribution in [3.05, 3.63) is 12.7 Å². The molecular formula is C26H49N5O4Si2. The van der Waals surface area contributed by atoms with Crippen LogP contribution in [0, 0.1) is 0 Å². The van der Waals surface area contributed by atoms with E-state index < -0.39 is 34.3 Å². The lowest BCUT2D eigenvalue weighted by Gasteiger charge is -2.41. The topological polar surface area (TPSA) is 107 Å². The van der Waals surface area contributed by atoms with Crippen molar-refractivity contribution in [2.45, 2.75) is 129 Å². The van der Waals surface area contributed by atoms with E-state index in [2.05, 4.69) is 82.7 Å². The second kappa shape index (κ2) is 9.67. The molecule has 1 fully saturated rings. The van der Waals surface area contributed by atoms with Crippen LogP contribution in [0.4, 0.5) is 5.82 Å². The Morgan fingerprint density at radius 2 is 1.57 bits per heavy atom. The predicted octanol–water partition coefficient (Wildman–Crippen LogP) is 6.25. The van der Waals surface area contributed by atoms with Crippen molar-refractivity contribution in [2.24, 2.45) is 0 Å². The van der Waals surface area contributed by atoms with E-state index >= 15 is 0 Å². The van der Waals surface area contributed by atoms with Gasteiger partial charge in [-0.2, -0.15) is 0 Å². The van der Waals surface area contributed by atoms with Gasteiger partial charge in [0.25, 0.3) is 0 Å². The maximum Gasteiger partial charge on any atom is 0.196 e. The van der Waals surface area contributed by atoms with Crippen LogP contribution < -0.4 is 5.73 Å². The zero-order chi connectivity index (χ0) is 28.2. The van der Waals surface area contributed by atoms with Gasteiger partial charge in [0, 0.05) is 6.42 Å². The lowest BCUT2D eigenvalue weighted by Crippen LogP contribution is -2.50. The van der Waals surface area contributed by atoms with E-state index in [1.54, 1.807) is 6.33 Å². The number of nitrogens with zero attached hydrogens (tertiary/aromatic N) is 4. The zero-order valence-corrected chi connectivity index (χ0v) is 27.2. The van der Waals surface area contributed by atoms with E-state index in [0.717, 1.165) is 0 Å². The molecule has 2 aromatic rings. The predicted molar refractivity (Wildman–Crippen MR) is 153 cm³/mol. The highest BCUT2D eigenvalue weighted by molar-refractivity contribution is 6.74. The molecular weight excluding hydrogens is 502 g/mol. The summed E-state index contributed by atoms with van der Waals surface area (Å²) >= 11 is 0. The molecule has 0 saturated carbocycles. The molecule has 210 valence electrons. The van der Waals surface area contributed by atoms with E-state index in [4.69, 9.17) is 24.1 Å². The number of fused-ring (bicyclic) bond motifs is 1. The number of imidazole rings is 1. The highest BCUT2D eigenvalue weighted by Crippen LogP contribution is 2.48. The van der Waals surface area contributed by atoms with Crippen LogP contribution in [0.25, 0.3) is 11.2 Å². The van der Waals surface area contributed by atoms with Gasteiger partial charge in [0.2, 0.25) is 0 Å². The number of hydrogen-bond donors (Lipinski definition) is 1. The molecule has 0 radical (unpaired) electrons. The lowest BCUT2D eigenvalue weighted by atomic mass is 10.1. The molecule has 3 atom stereocenters. The van der Waals surface area contributed by atoms with Gasteiger partial charge >= 0.3 is 0 Å². The monoisotopic (exact) mass is 551 g/mol. The summed E-state index contributed by atoms with van der Waals surface area (Å²) in [4.78, 5) is 13.1. The van der Waals surface area contributed by atoms with Crippen molar-refractivity contribution in [2.75, 3.05) is 12.3 Å². The fourth-order valence-electron chi connectivity index (χ4n) is 3.95. The first-order valence-electron chi connectivity index (χ1n) is 13.2. The molecule has 0 aliphatic carbocycles.